The van der Waals surface area contributed by atoms with E-state index in [1.165, 1.54) is 14.2 Å². The van der Waals surface area contributed by atoms with E-state index in [1.807, 2.05) is 0 Å². The van der Waals surface area contributed by atoms with Gasteiger partial charge < -0.3 is 13.3 Å². The lowest BCUT2D eigenvalue weighted by atomic mass is 10.2. The monoisotopic (exact) mass is 298 g/mol. The standard InChI is InChI=1S/C11H14F4O3Si/c1-4-18-19(16-2,17-3)6-7-5-8(12)10(14)11(15)9(7)13/h5H,4,6H2,1-3H3. The van der Waals surface area contributed by atoms with Gasteiger partial charge >= 0.3 is 8.80 Å². The van der Waals surface area contributed by atoms with Gasteiger partial charge in [-0.3, -0.25) is 0 Å². The Morgan fingerprint density at radius 1 is 1.00 bits per heavy atom. The SMILES string of the molecule is CCO[Si](Cc1cc(F)c(F)c(F)c1F)(OC)OC. The third kappa shape index (κ3) is 3.33. The van der Waals surface area contributed by atoms with Crippen LogP contribution in [-0.2, 0) is 19.3 Å². The molecule has 0 heterocycles. The molecule has 0 atom stereocenters. The van der Waals surface area contributed by atoms with E-state index in [9.17, 15) is 17.6 Å². The molecule has 0 bridgehead atoms. The Labute approximate surface area is 109 Å². The molecule has 0 fully saturated rings. The zero-order valence-electron chi connectivity index (χ0n) is 10.7. The molecule has 0 N–H and O–H groups in total. The van der Waals surface area contributed by atoms with Gasteiger partial charge in [-0.15, -0.1) is 0 Å². The highest BCUT2D eigenvalue weighted by atomic mass is 28.4. The lowest BCUT2D eigenvalue weighted by Gasteiger charge is -2.26. The van der Waals surface area contributed by atoms with E-state index in [0.717, 1.165) is 0 Å². The summed E-state index contributed by atoms with van der Waals surface area (Å²) in [5.41, 5.74) is -0.389. The minimum Gasteiger partial charge on any atom is -0.377 e. The van der Waals surface area contributed by atoms with Crippen LogP contribution in [0.25, 0.3) is 0 Å². The molecule has 3 nitrogen and oxygen atoms in total. The van der Waals surface area contributed by atoms with Crippen molar-refractivity contribution in [1.29, 1.82) is 0 Å². The van der Waals surface area contributed by atoms with Crippen LogP contribution in [0.1, 0.15) is 12.5 Å². The van der Waals surface area contributed by atoms with Gasteiger partial charge in [-0.25, -0.2) is 17.6 Å². The minimum atomic E-state index is -3.27. The molecular weight excluding hydrogens is 284 g/mol. The molecule has 0 aliphatic rings. The van der Waals surface area contributed by atoms with E-state index in [4.69, 9.17) is 13.3 Å². The lowest BCUT2D eigenvalue weighted by Crippen LogP contribution is -2.47. The highest BCUT2D eigenvalue weighted by Crippen LogP contribution is 2.23. The van der Waals surface area contributed by atoms with Crippen LogP contribution in [0.4, 0.5) is 17.6 Å². The molecule has 0 aliphatic heterocycles. The molecule has 0 radical (unpaired) electrons. The molecular formula is C11H14F4O3Si. The Bertz CT molecular complexity index is 452. The van der Waals surface area contributed by atoms with Gasteiger partial charge in [-0.1, -0.05) is 0 Å². The lowest BCUT2D eigenvalue weighted by molar-refractivity contribution is 0.102. The van der Waals surface area contributed by atoms with Gasteiger partial charge in [0.2, 0.25) is 0 Å². The Hall–Kier alpha value is -0.963. The first-order chi connectivity index (χ1) is 8.90. The first kappa shape index (κ1) is 16.1. The van der Waals surface area contributed by atoms with Gasteiger partial charge in [-0.2, -0.15) is 0 Å². The number of hydrogen-bond donors (Lipinski definition) is 0. The second kappa shape index (κ2) is 6.46. The smallest absolute Gasteiger partial charge is 0.377 e. The second-order valence-corrected chi connectivity index (χ2v) is 6.49. The first-order valence-electron chi connectivity index (χ1n) is 5.47. The first-order valence-corrected chi connectivity index (χ1v) is 7.40. The van der Waals surface area contributed by atoms with Crippen molar-refractivity contribution < 1.29 is 30.8 Å². The average Bonchev–Trinajstić information content (AvgIpc) is 2.41. The fourth-order valence-electron chi connectivity index (χ4n) is 1.60. The van der Waals surface area contributed by atoms with Crippen LogP contribution in [0.3, 0.4) is 0 Å². The van der Waals surface area contributed by atoms with Crippen molar-refractivity contribution >= 4 is 8.80 Å². The summed E-state index contributed by atoms with van der Waals surface area (Å²) < 4.78 is 68.1. The van der Waals surface area contributed by atoms with Crippen LogP contribution >= 0.6 is 0 Å². The van der Waals surface area contributed by atoms with Crippen LogP contribution in [0.5, 0.6) is 0 Å². The highest BCUT2D eigenvalue weighted by molar-refractivity contribution is 6.60. The fraction of sp³-hybridized carbons (Fsp3) is 0.455. The Balaban J connectivity index is 3.17. The summed E-state index contributed by atoms with van der Waals surface area (Å²) in [6.45, 7) is 1.89. The Kier molecular flexibility index (Phi) is 5.47. The summed E-state index contributed by atoms with van der Waals surface area (Å²) in [5.74, 6) is -6.65. The predicted molar refractivity (Wildman–Crippen MR) is 61.4 cm³/mol. The molecule has 0 aromatic heterocycles. The predicted octanol–water partition coefficient (Wildman–Crippen LogP) is 2.59. The minimum absolute atomic E-state index is 0.224. The van der Waals surface area contributed by atoms with Crippen molar-refractivity contribution in [3.8, 4) is 0 Å². The van der Waals surface area contributed by atoms with Crippen LogP contribution in [0, 0.1) is 23.3 Å². The maximum Gasteiger partial charge on any atom is 0.505 e. The molecule has 0 spiro atoms. The van der Waals surface area contributed by atoms with Crippen molar-refractivity contribution in [2.75, 3.05) is 20.8 Å². The Morgan fingerprint density at radius 2 is 1.58 bits per heavy atom. The van der Waals surface area contributed by atoms with E-state index in [1.54, 1.807) is 6.92 Å². The number of hydrogen-bond acceptors (Lipinski definition) is 3. The van der Waals surface area contributed by atoms with E-state index >= 15 is 0 Å². The summed E-state index contributed by atoms with van der Waals surface area (Å²) in [4.78, 5) is 0. The van der Waals surface area contributed by atoms with Crippen molar-refractivity contribution in [2.24, 2.45) is 0 Å². The molecule has 1 aromatic rings. The highest BCUT2D eigenvalue weighted by Gasteiger charge is 2.40. The van der Waals surface area contributed by atoms with Crippen molar-refractivity contribution in [1.82, 2.24) is 0 Å². The molecule has 0 aliphatic carbocycles. The number of halogens is 4. The van der Waals surface area contributed by atoms with Gasteiger partial charge in [0.1, 0.15) is 0 Å². The number of benzene rings is 1. The summed E-state index contributed by atoms with van der Waals surface area (Å²) >= 11 is 0. The normalized spacial score (nSPS) is 11.9. The van der Waals surface area contributed by atoms with Crippen molar-refractivity contribution in [3.05, 3.63) is 34.9 Å². The maximum atomic E-state index is 13.6. The molecule has 0 unspecified atom stereocenters. The maximum absolute atomic E-state index is 13.6. The fourth-order valence-corrected chi connectivity index (χ4v) is 3.56. The van der Waals surface area contributed by atoms with Gasteiger partial charge in [0.05, 0.1) is 0 Å². The van der Waals surface area contributed by atoms with Crippen molar-refractivity contribution in [2.45, 2.75) is 13.0 Å². The average molecular weight is 298 g/mol. The Morgan fingerprint density at radius 3 is 2.05 bits per heavy atom. The summed E-state index contributed by atoms with van der Waals surface area (Å²) in [7, 11) is -0.692. The molecule has 1 aromatic carbocycles. The molecule has 0 amide bonds. The van der Waals surface area contributed by atoms with Gasteiger partial charge in [0.15, 0.2) is 23.3 Å². The van der Waals surface area contributed by atoms with Gasteiger partial charge in [0, 0.05) is 26.9 Å². The molecule has 0 saturated heterocycles. The van der Waals surface area contributed by atoms with Crippen LogP contribution in [0.2, 0.25) is 0 Å². The third-order valence-electron chi connectivity index (χ3n) is 2.57. The third-order valence-corrected chi connectivity index (χ3v) is 5.36. The topological polar surface area (TPSA) is 27.7 Å². The molecule has 1 rings (SSSR count). The zero-order valence-corrected chi connectivity index (χ0v) is 11.7. The van der Waals surface area contributed by atoms with Crippen LogP contribution < -0.4 is 0 Å². The summed E-state index contributed by atoms with van der Waals surface area (Å²) in [6.07, 6.45) is 0. The van der Waals surface area contributed by atoms with E-state index in [2.05, 4.69) is 0 Å². The van der Waals surface area contributed by atoms with E-state index < -0.39 is 32.1 Å². The molecule has 8 heteroatoms. The van der Waals surface area contributed by atoms with E-state index in [-0.39, 0.29) is 18.2 Å². The van der Waals surface area contributed by atoms with Crippen LogP contribution in [-0.4, -0.2) is 29.6 Å². The quantitative estimate of drug-likeness (QED) is 0.350. The van der Waals surface area contributed by atoms with E-state index in [0.29, 0.717) is 6.07 Å². The molecule has 108 valence electrons. The zero-order chi connectivity index (χ0) is 14.6. The largest absolute Gasteiger partial charge is 0.505 e. The number of rotatable bonds is 6. The van der Waals surface area contributed by atoms with Crippen LogP contribution in [0.15, 0.2) is 6.07 Å². The van der Waals surface area contributed by atoms with Gasteiger partial charge in [-0.05, 0) is 18.6 Å². The summed E-state index contributed by atoms with van der Waals surface area (Å²) in [5, 5.41) is 0. The second-order valence-electron chi connectivity index (χ2n) is 3.66. The summed E-state index contributed by atoms with van der Waals surface area (Å²) in [6, 6.07) is 0.278. The molecule has 0 saturated carbocycles. The van der Waals surface area contributed by atoms with Gasteiger partial charge in [0.25, 0.3) is 0 Å². The van der Waals surface area contributed by atoms with Crippen molar-refractivity contribution in [3.63, 3.8) is 0 Å². The molecule has 19 heavy (non-hydrogen) atoms.